The molecule has 3 amide bonds. The number of rotatable bonds is 5. The van der Waals surface area contributed by atoms with Crippen molar-refractivity contribution in [3.05, 3.63) is 29.8 Å². The highest BCUT2D eigenvalue weighted by Crippen LogP contribution is 2.24. The minimum atomic E-state index is -0.444. The van der Waals surface area contributed by atoms with Crippen molar-refractivity contribution in [2.24, 2.45) is 0 Å². The lowest BCUT2D eigenvalue weighted by Gasteiger charge is -2.31. The second kappa shape index (κ2) is 9.03. The summed E-state index contributed by atoms with van der Waals surface area (Å²) in [7, 11) is 2.17. The number of urea groups is 1. The molecule has 1 aliphatic carbocycles. The molecule has 1 aromatic rings. The van der Waals surface area contributed by atoms with E-state index < -0.39 is 6.04 Å². The van der Waals surface area contributed by atoms with Crippen LogP contribution in [0.1, 0.15) is 50.5 Å². The molecule has 0 bridgehead atoms. The van der Waals surface area contributed by atoms with E-state index in [1.54, 1.807) is 0 Å². The maximum Gasteiger partial charge on any atom is 0.319 e. The molecule has 1 saturated carbocycles. The number of nitrogens with zero attached hydrogens (tertiary/aromatic N) is 1. The molecule has 2 aliphatic rings. The van der Waals surface area contributed by atoms with Crippen LogP contribution in [-0.2, 0) is 11.3 Å². The van der Waals surface area contributed by atoms with Gasteiger partial charge in [-0.2, -0.15) is 0 Å². The second-order valence-electron chi connectivity index (χ2n) is 7.45. The summed E-state index contributed by atoms with van der Waals surface area (Å²) in [5.74, 6) is -0.100. The van der Waals surface area contributed by atoms with Gasteiger partial charge in [0.05, 0.1) is 0 Å². The van der Waals surface area contributed by atoms with Crippen LogP contribution in [0.25, 0.3) is 0 Å². The fourth-order valence-corrected chi connectivity index (χ4v) is 3.93. The molecule has 3 rings (SSSR count). The summed E-state index contributed by atoms with van der Waals surface area (Å²) >= 11 is 0. The van der Waals surface area contributed by atoms with E-state index in [1.807, 2.05) is 18.2 Å². The first-order valence-corrected chi connectivity index (χ1v) is 9.77. The average Bonchev–Trinajstić information content (AvgIpc) is 2.66. The van der Waals surface area contributed by atoms with Gasteiger partial charge in [0, 0.05) is 24.8 Å². The molecule has 6 nitrogen and oxygen atoms in total. The molecule has 1 aromatic carbocycles. The number of hydrogen-bond donors (Lipinski definition) is 3. The van der Waals surface area contributed by atoms with Gasteiger partial charge in [-0.25, -0.2) is 4.79 Å². The molecule has 6 heteroatoms. The van der Waals surface area contributed by atoms with Crippen LogP contribution in [0.5, 0.6) is 0 Å². The van der Waals surface area contributed by atoms with Crippen molar-refractivity contribution >= 4 is 17.6 Å². The molecule has 0 radical (unpaired) electrons. The normalized spacial score (nSPS) is 21.3. The van der Waals surface area contributed by atoms with Gasteiger partial charge in [0.1, 0.15) is 6.04 Å². The Kier molecular flexibility index (Phi) is 6.50. The topological polar surface area (TPSA) is 73.5 Å². The Balaban J connectivity index is 1.59. The summed E-state index contributed by atoms with van der Waals surface area (Å²) < 4.78 is 0. The molecule has 1 aliphatic heterocycles. The predicted molar refractivity (Wildman–Crippen MR) is 103 cm³/mol. The van der Waals surface area contributed by atoms with Crippen LogP contribution in [0.3, 0.4) is 0 Å². The number of amides is 3. The van der Waals surface area contributed by atoms with Crippen LogP contribution in [0.15, 0.2) is 24.3 Å². The Morgan fingerprint density at radius 3 is 2.69 bits per heavy atom. The van der Waals surface area contributed by atoms with Gasteiger partial charge in [-0.1, -0.05) is 37.5 Å². The minimum absolute atomic E-state index is 0.100. The number of para-hydroxylation sites is 1. The van der Waals surface area contributed by atoms with Crippen molar-refractivity contribution in [2.75, 3.05) is 18.9 Å². The van der Waals surface area contributed by atoms with Gasteiger partial charge < -0.3 is 16.0 Å². The van der Waals surface area contributed by atoms with E-state index >= 15 is 0 Å². The first-order valence-electron chi connectivity index (χ1n) is 9.77. The largest absolute Gasteiger partial charge is 0.354 e. The molecule has 142 valence electrons. The van der Waals surface area contributed by atoms with Crippen molar-refractivity contribution < 1.29 is 9.59 Å². The Bertz CT molecular complexity index is 628. The van der Waals surface area contributed by atoms with Crippen molar-refractivity contribution in [3.8, 4) is 0 Å². The van der Waals surface area contributed by atoms with Gasteiger partial charge in [-0.05, 0) is 44.4 Å². The van der Waals surface area contributed by atoms with Crippen LogP contribution < -0.4 is 16.0 Å². The summed E-state index contributed by atoms with van der Waals surface area (Å²) in [6, 6.07) is 7.76. The number of hydrogen-bond acceptors (Lipinski definition) is 3. The number of carbonyl (C=O) groups is 2. The van der Waals surface area contributed by atoms with Crippen LogP contribution in [0.2, 0.25) is 0 Å². The Morgan fingerprint density at radius 1 is 1.15 bits per heavy atom. The summed E-state index contributed by atoms with van der Waals surface area (Å²) in [5.41, 5.74) is 1.91. The zero-order valence-electron chi connectivity index (χ0n) is 15.6. The Labute approximate surface area is 155 Å². The summed E-state index contributed by atoms with van der Waals surface area (Å²) in [5, 5.41) is 8.50. The SMILES string of the molecule is CN(Cc1ccccc1NC(=O)NC1CCCNC1=O)C1CCCCC1. The first kappa shape index (κ1) is 18.7. The number of benzene rings is 1. The molecule has 26 heavy (non-hydrogen) atoms. The molecule has 2 fully saturated rings. The highest BCUT2D eigenvalue weighted by atomic mass is 16.2. The molecular weight excluding hydrogens is 328 g/mol. The number of anilines is 1. The van der Waals surface area contributed by atoms with Gasteiger partial charge in [-0.15, -0.1) is 0 Å². The van der Waals surface area contributed by atoms with E-state index in [0.29, 0.717) is 19.0 Å². The van der Waals surface area contributed by atoms with Crippen LogP contribution >= 0.6 is 0 Å². The maximum atomic E-state index is 12.4. The van der Waals surface area contributed by atoms with Crippen LogP contribution in [0, 0.1) is 0 Å². The molecule has 1 atom stereocenters. The van der Waals surface area contributed by atoms with Gasteiger partial charge in [0.25, 0.3) is 0 Å². The number of piperidine rings is 1. The third kappa shape index (κ3) is 4.97. The highest BCUT2D eigenvalue weighted by Gasteiger charge is 2.24. The minimum Gasteiger partial charge on any atom is -0.354 e. The summed E-state index contributed by atoms with van der Waals surface area (Å²) in [4.78, 5) is 26.6. The fraction of sp³-hybridized carbons (Fsp3) is 0.600. The zero-order valence-corrected chi connectivity index (χ0v) is 15.6. The van der Waals surface area contributed by atoms with Gasteiger partial charge in [-0.3, -0.25) is 9.69 Å². The summed E-state index contributed by atoms with van der Waals surface area (Å²) in [6.07, 6.45) is 8.04. The lowest BCUT2D eigenvalue weighted by molar-refractivity contribution is -0.124. The maximum absolute atomic E-state index is 12.4. The molecule has 1 saturated heterocycles. The monoisotopic (exact) mass is 358 g/mol. The van der Waals surface area contributed by atoms with E-state index in [9.17, 15) is 9.59 Å². The summed E-state index contributed by atoms with van der Waals surface area (Å²) in [6.45, 7) is 1.50. The van der Waals surface area contributed by atoms with Gasteiger partial charge in [0.2, 0.25) is 5.91 Å². The van der Waals surface area contributed by atoms with E-state index in [1.165, 1.54) is 32.1 Å². The zero-order chi connectivity index (χ0) is 18.4. The van der Waals surface area contributed by atoms with Crippen molar-refractivity contribution in [2.45, 2.75) is 63.6 Å². The van der Waals surface area contributed by atoms with Crippen molar-refractivity contribution in [3.63, 3.8) is 0 Å². The van der Waals surface area contributed by atoms with Crippen LogP contribution in [0.4, 0.5) is 10.5 Å². The standard InChI is InChI=1S/C20H30N4O2/c1-24(16-9-3-2-4-10-16)14-15-8-5-6-11-17(15)22-20(26)23-18-12-7-13-21-19(18)25/h5-6,8,11,16,18H,2-4,7,9-10,12-14H2,1H3,(H,21,25)(H2,22,23,26). The molecule has 0 spiro atoms. The van der Waals surface area contributed by atoms with Crippen molar-refractivity contribution in [1.29, 1.82) is 0 Å². The van der Waals surface area contributed by atoms with E-state index in [2.05, 4.69) is 34.0 Å². The number of nitrogens with one attached hydrogen (secondary N) is 3. The second-order valence-corrected chi connectivity index (χ2v) is 7.45. The van der Waals surface area contributed by atoms with E-state index in [0.717, 1.165) is 24.2 Å². The van der Waals surface area contributed by atoms with Gasteiger partial charge >= 0.3 is 6.03 Å². The van der Waals surface area contributed by atoms with E-state index in [-0.39, 0.29) is 11.9 Å². The Hall–Kier alpha value is -2.08. The third-order valence-electron chi connectivity index (χ3n) is 5.47. The predicted octanol–water partition coefficient (Wildman–Crippen LogP) is 2.85. The molecule has 1 unspecified atom stereocenters. The first-order chi connectivity index (χ1) is 12.6. The molecule has 0 aromatic heterocycles. The lowest BCUT2D eigenvalue weighted by Crippen LogP contribution is -2.51. The van der Waals surface area contributed by atoms with Crippen LogP contribution in [-0.4, -0.2) is 42.5 Å². The molecular formula is C20H30N4O2. The highest BCUT2D eigenvalue weighted by molar-refractivity contribution is 5.94. The van der Waals surface area contributed by atoms with Crippen molar-refractivity contribution in [1.82, 2.24) is 15.5 Å². The Morgan fingerprint density at radius 2 is 1.92 bits per heavy atom. The number of carbonyl (C=O) groups excluding carboxylic acids is 2. The third-order valence-corrected chi connectivity index (χ3v) is 5.47. The fourth-order valence-electron chi connectivity index (χ4n) is 3.93. The average molecular weight is 358 g/mol. The molecule has 3 N–H and O–H groups in total. The van der Waals surface area contributed by atoms with E-state index in [4.69, 9.17) is 0 Å². The van der Waals surface area contributed by atoms with Gasteiger partial charge in [0.15, 0.2) is 0 Å². The molecule has 1 heterocycles. The smallest absolute Gasteiger partial charge is 0.319 e. The quantitative estimate of drug-likeness (QED) is 0.758. The lowest BCUT2D eigenvalue weighted by atomic mass is 9.94.